The van der Waals surface area contributed by atoms with Crippen molar-refractivity contribution in [3.63, 3.8) is 0 Å². The Kier molecular flexibility index (Phi) is 9.16. The summed E-state index contributed by atoms with van der Waals surface area (Å²) in [6, 6.07) is 3.99. The third kappa shape index (κ3) is 6.97. The summed E-state index contributed by atoms with van der Waals surface area (Å²) in [6.45, 7) is 7.06. The number of aryl methyl sites for hydroxylation is 2. The van der Waals surface area contributed by atoms with E-state index in [0.717, 1.165) is 33.9 Å². The van der Waals surface area contributed by atoms with Crippen LogP contribution in [0.4, 0.5) is 14.5 Å². The van der Waals surface area contributed by atoms with Gasteiger partial charge in [0.05, 0.1) is 17.0 Å². The maximum absolute atomic E-state index is 13.3. The van der Waals surface area contributed by atoms with Crippen LogP contribution in [0.25, 0.3) is 0 Å². The lowest BCUT2D eigenvalue weighted by molar-refractivity contribution is -0.0399. The van der Waals surface area contributed by atoms with Crippen molar-refractivity contribution in [3.8, 4) is 0 Å². The molecule has 1 aromatic heterocycles. The predicted octanol–water partition coefficient (Wildman–Crippen LogP) is 5.69. The fourth-order valence-electron chi connectivity index (χ4n) is 3.54. The van der Waals surface area contributed by atoms with Gasteiger partial charge in [-0.25, -0.2) is 18.8 Å². The summed E-state index contributed by atoms with van der Waals surface area (Å²) in [5.74, 6) is -2.88. The number of amides is 1. The van der Waals surface area contributed by atoms with Gasteiger partial charge in [0, 0.05) is 44.3 Å². The van der Waals surface area contributed by atoms with Crippen molar-refractivity contribution in [1.29, 1.82) is 0 Å². The summed E-state index contributed by atoms with van der Waals surface area (Å²) in [5, 5.41) is 5.45. The minimum absolute atomic E-state index is 0. The molecule has 1 aromatic carbocycles. The van der Waals surface area contributed by atoms with E-state index in [9.17, 15) is 13.6 Å². The highest BCUT2D eigenvalue weighted by atomic mass is 35.5. The van der Waals surface area contributed by atoms with Crippen LogP contribution < -0.4 is 5.32 Å². The van der Waals surface area contributed by atoms with Crippen LogP contribution in [0.2, 0.25) is 0 Å². The van der Waals surface area contributed by atoms with Gasteiger partial charge in [-0.3, -0.25) is 4.79 Å². The van der Waals surface area contributed by atoms with Crippen LogP contribution in [0.3, 0.4) is 0 Å². The summed E-state index contributed by atoms with van der Waals surface area (Å²) < 4.78 is 26.6. The normalized spacial score (nSPS) is 16.1. The largest absolute Gasteiger partial charge is 0.366 e. The van der Waals surface area contributed by atoms with Gasteiger partial charge in [-0.2, -0.15) is 0 Å². The molecule has 0 spiro atoms. The van der Waals surface area contributed by atoms with Crippen LogP contribution >= 0.6 is 23.7 Å². The second kappa shape index (κ2) is 11.2. The average Bonchev–Trinajstić information content (AvgIpc) is 3.19. The number of carbonyl (C=O) groups is 1. The summed E-state index contributed by atoms with van der Waals surface area (Å²) >= 11 is 1.44. The van der Waals surface area contributed by atoms with E-state index in [2.05, 4.69) is 41.3 Å². The zero-order chi connectivity index (χ0) is 22.6. The van der Waals surface area contributed by atoms with E-state index in [0.29, 0.717) is 25.0 Å². The first-order valence-electron chi connectivity index (χ1n) is 10.6. The molecule has 3 rings (SSSR count). The number of benzene rings is 1. The van der Waals surface area contributed by atoms with Crippen LogP contribution in [0.1, 0.15) is 64.8 Å². The highest BCUT2D eigenvalue weighted by Crippen LogP contribution is 2.33. The van der Waals surface area contributed by atoms with Crippen LogP contribution in [-0.2, 0) is 6.42 Å². The lowest BCUT2D eigenvalue weighted by Crippen LogP contribution is -2.40. The monoisotopic (exact) mass is 484 g/mol. The molecule has 0 saturated heterocycles. The van der Waals surface area contributed by atoms with E-state index in [1.807, 2.05) is 25.2 Å². The fraction of sp³-hybridized carbons (Fsp3) is 0.522. The highest BCUT2D eigenvalue weighted by Gasteiger charge is 2.35. The summed E-state index contributed by atoms with van der Waals surface area (Å²) in [4.78, 5) is 23.6. The number of nitrogens with zero attached hydrogens (tertiary/aromatic N) is 3. The molecule has 1 amide bonds. The lowest BCUT2D eigenvalue weighted by atomic mass is 9.92. The van der Waals surface area contributed by atoms with Gasteiger partial charge in [0.25, 0.3) is 5.91 Å². The number of halogens is 3. The number of aliphatic imine (C=N–C) groups is 1. The predicted molar refractivity (Wildman–Crippen MR) is 129 cm³/mol. The molecule has 0 unspecified atom stereocenters. The third-order valence-electron chi connectivity index (χ3n) is 5.73. The van der Waals surface area contributed by atoms with Gasteiger partial charge >= 0.3 is 0 Å². The third-order valence-corrected chi connectivity index (χ3v) is 6.57. The standard InChI is InChI=1S/C23H30F2N4OS.ClH/c1-5-29(4)14-26-19-11-15(2)17(10-16(19)3)12-21-28-20(13-31-21)22(30)27-18-6-8-23(24,25)9-7-18;/h10-11,13-14,18H,5-9,12H2,1-4H3,(H,27,30);1H/b26-14+;. The number of nitrogens with one attached hydrogen (secondary N) is 1. The first-order chi connectivity index (χ1) is 14.7. The molecule has 32 heavy (non-hydrogen) atoms. The first kappa shape index (κ1) is 26.2. The fourth-order valence-corrected chi connectivity index (χ4v) is 4.33. The van der Waals surface area contributed by atoms with Crippen molar-refractivity contribution in [2.75, 3.05) is 13.6 Å². The van der Waals surface area contributed by atoms with Crippen molar-refractivity contribution >= 4 is 41.7 Å². The topological polar surface area (TPSA) is 57.6 Å². The van der Waals surface area contributed by atoms with Gasteiger partial charge < -0.3 is 10.2 Å². The Morgan fingerprint density at radius 2 is 2.00 bits per heavy atom. The molecule has 0 aliphatic heterocycles. The summed E-state index contributed by atoms with van der Waals surface area (Å²) in [5.41, 5.74) is 4.66. The molecule has 5 nitrogen and oxygen atoms in total. The van der Waals surface area contributed by atoms with E-state index in [1.54, 1.807) is 5.38 Å². The van der Waals surface area contributed by atoms with Gasteiger partial charge in [0.1, 0.15) is 5.69 Å². The molecule has 0 bridgehead atoms. The molecule has 2 aromatic rings. The molecule has 9 heteroatoms. The van der Waals surface area contributed by atoms with Crippen molar-refractivity contribution in [2.24, 2.45) is 4.99 Å². The molecule has 1 heterocycles. The van der Waals surface area contributed by atoms with E-state index in [1.165, 1.54) is 11.3 Å². The van der Waals surface area contributed by atoms with Gasteiger partial charge in [-0.1, -0.05) is 6.07 Å². The smallest absolute Gasteiger partial charge is 0.270 e. The molecule has 1 N–H and O–H groups in total. The van der Waals surface area contributed by atoms with Crippen molar-refractivity contribution in [3.05, 3.63) is 44.9 Å². The van der Waals surface area contributed by atoms with Crippen molar-refractivity contribution in [2.45, 2.75) is 64.8 Å². The highest BCUT2D eigenvalue weighted by molar-refractivity contribution is 7.09. The Hall–Kier alpha value is -2.06. The maximum atomic E-state index is 13.3. The zero-order valence-electron chi connectivity index (χ0n) is 19.0. The minimum atomic E-state index is -2.60. The van der Waals surface area contributed by atoms with E-state index < -0.39 is 5.92 Å². The average molecular weight is 485 g/mol. The molecule has 1 aliphatic carbocycles. The summed E-state index contributed by atoms with van der Waals surface area (Å²) in [7, 11) is 1.99. The molecular formula is C23H31ClF2N4OS. The van der Waals surface area contributed by atoms with Gasteiger partial charge in [-0.05, 0) is 56.4 Å². The summed E-state index contributed by atoms with van der Waals surface area (Å²) in [6.07, 6.45) is 2.73. The van der Waals surface area contributed by atoms with Crippen LogP contribution in [0.5, 0.6) is 0 Å². The molecule has 0 atom stereocenters. The molecular weight excluding hydrogens is 454 g/mol. The Labute approximate surface area is 198 Å². The number of aromatic nitrogens is 1. The van der Waals surface area contributed by atoms with Crippen molar-refractivity contribution in [1.82, 2.24) is 15.2 Å². The molecule has 0 radical (unpaired) electrons. The number of hydrogen-bond acceptors (Lipinski definition) is 4. The second-order valence-corrected chi connectivity index (χ2v) is 9.23. The van der Waals surface area contributed by atoms with E-state index >= 15 is 0 Å². The molecule has 1 aliphatic rings. The Morgan fingerprint density at radius 3 is 2.66 bits per heavy atom. The zero-order valence-corrected chi connectivity index (χ0v) is 20.6. The number of rotatable bonds is 7. The van der Waals surface area contributed by atoms with Gasteiger partial charge in [0.15, 0.2) is 0 Å². The molecule has 1 fully saturated rings. The number of alkyl halides is 2. The Bertz CT molecular complexity index is 953. The quantitative estimate of drug-likeness (QED) is 0.405. The van der Waals surface area contributed by atoms with Gasteiger partial charge in [0.2, 0.25) is 5.92 Å². The number of hydrogen-bond donors (Lipinski definition) is 1. The Morgan fingerprint density at radius 1 is 1.31 bits per heavy atom. The van der Waals surface area contributed by atoms with Crippen LogP contribution in [0, 0.1) is 13.8 Å². The number of carbonyl (C=O) groups excluding carboxylic acids is 1. The number of thiazole rings is 1. The minimum Gasteiger partial charge on any atom is -0.366 e. The van der Waals surface area contributed by atoms with Crippen LogP contribution in [0.15, 0.2) is 22.5 Å². The Balaban J connectivity index is 0.00000363. The van der Waals surface area contributed by atoms with Crippen molar-refractivity contribution < 1.29 is 13.6 Å². The second-order valence-electron chi connectivity index (χ2n) is 8.29. The SMILES string of the molecule is CCN(C)/C=N/c1cc(C)c(Cc2nc(C(=O)NC3CCC(F)(F)CC3)cs2)cc1C.Cl. The van der Waals surface area contributed by atoms with Gasteiger partial charge in [-0.15, -0.1) is 23.7 Å². The van der Waals surface area contributed by atoms with E-state index in [-0.39, 0.29) is 37.2 Å². The van der Waals surface area contributed by atoms with E-state index in [4.69, 9.17) is 0 Å². The molecule has 1 saturated carbocycles. The first-order valence-corrected chi connectivity index (χ1v) is 11.5. The maximum Gasteiger partial charge on any atom is 0.270 e. The molecule has 176 valence electrons. The lowest BCUT2D eigenvalue weighted by Gasteiger charge is -2.28. The van der Waals surface area contributed by atoms with Crippen LogP contribution in [-0.4, -0.2) is 47.7 Å².